The first-order chi connectivity index (χ1) is 9.79. The van der Waals surface area contributed by atoms with Crippen LogP contribution in [0.1, 0.15) is 35.1 Å². The molecule has 0 aliphatic carbocycles. The highest BCUT2D eigenvalue weighted by Gasteiger charge is 2.33. The SMILES string of the molecule is CCc1c(C)nn(-c2nc(C(F)(F)F)ccc2C#N)c1C. The zero-order valence-corrected chi connectivity index (χ0v) is 11.8. The molecule has 110 valence electrons. The van der Waals surface area contributed by atoms with Gasteiger partial charge >= 0.3 is 6.18 Å². The molecule has 0 unspecified atom stereocenters. The second-order valence-electron chi connectivity index (χ2n) is 4.59. The van der Waals surface area contributed by atoms with E-state index >= 15 is 0 Å². The second-order valence-corrected chi connectivity index (χ2v) is 4.59. The van der Waals surface area contributed by atoms with E-state index in [9.17, 15) is 13.2 Å². The van der Waals surface area contributed by atoms with Gasteiger partial charge in [-0.05, 0) is 38.0 Å². The fraction of sp³-hybridized carbons (Fsp3) is 0.357. The maximum atomic E-state index is 12.8. The van der Waals surface area contributed by atoms with E-state index in [0.717, 1.165) is 23.4 Å². The van der Waals surface area contributed by atoms with Gasteiger partial charge in [0.1, 0.15) is 11.8 Å². The summed E-state index contributed by atoms with van der Waals surface area (Å²) in [5.74, 6) is -0.0902. The van der Waals surface area contributed by atoms with E-state index in [1.807, 2.05) is 13.0 Å². The summed E-state index contributed by atoms with van der Waals surface area (Å²) in [6.07, 6.45) is -3.86. The molecule has 0 bridgehead atoms. The largest absolute Gasteiger partial charge is 0.433 e. The molecule has 0 aliphatic rings. The number of hydrogen-bond acceptors (Lipinski definition) is 3. The van der Waals surface area contributed by atoms with Crippen molar-refractivity contribution in [2.75, 3.05) is 0 Å². The lowest BCUT2D eigenvalue weighted by molar-refractivity contribution is -0.141. The molecule has 0 fully saturated rings. The van der Waals surface area contributed by atoms with Crippen LogP contribution in [0.15, 0.2) is 12.1 Å². The highest BCUT2D eigenvalue weighted by atomic mass is 19.4. The van der Waals surface area contributed by atoms with Gasteiger partial charge in [0.15, 0.2) is 5.82 Å². The van der Waals surface area contributed by atoms with Crippen LogP contribution >= 0.6 is 0 Å². The molecule has 0 spiro atoms. The van der Waals surface area contributed by atoms with E-state index in [1.54, 1.807) is 13.8 Å². The lowest BCUT2D eigenvalue weighted by Gasteiger charge is -2.10. The van der Waals surface area contributed by atoms with Gasteiger partial charge in [0.25, 0.3) is 0 Å². The van der Waals surface area contributed by atoms with Crippen molar-refractivity contribution in [1.82, 2.24) is 14.8 Å². The van der Waals surface area contributed by atoms with Crippen molar-refractivity contribution in [3.8, 4) is 11.9 Å². The normalized spacial score (nSPS) is 11.5. The third-order valence-corrected chi connectivity index (χ3v) is 3.28. The van der Waals surface area contributed by atoms with Crippen LogP contribution in [0, 0.1) is 25.2 Å². The van der Waals surface area contributed by atoms with Crippen LogP contribution in [0.3, 0.4) is 0 Å². The minimum absolute atomic E-state index is 0.0521. The van der Waals surface area contributed by atoms with Crippen molar-refractivity contribution in [3.63, 3.8) is 0 Å². The van der Waals surface area contributed by atoms with Gasteiger partial charge in [-0.1, -0.05) is 6.92 Å². The lowest BCUT2D eigenvalue weighted by Crippen LogP contribution is -2.13. The predicted molar refractivity (Wildman–Crippen MR) is 69.9 cm³/mol. The lowest BCUT2D eigenvalue weighted by atomic mass is 10.1. The highest BCUT2D eigenvalue weighted by Crippen LogP contribution is 2.29. The Balaban J connectivity index is 2.71. The zero-order valence-electron chi connectivity index (χ0n) is 11.8. The summed E-state index contributed by atoms with van der Waals surface area (Å²) in [4.78, 5) is 3.59. The molecule has 21 heavy (non-hydrogen) atoms. The summed E-state index contributed by atoms with van der Waals surface area (Å²) >= 11 is 0. The fourth-order valence-electron chi connectivity index (χ4n) is 2.25. The van der Waals surface area contributed by atoms with Crippen molar-refractivity contribution in [2.45, 2.75) is 33.4 Å². The first-order valence-electron chi connectivity index (χ1n) is 6.33. The van der Waals surface area contributed by atoms with Gasteiger partial charge in [-0.3, -0.25) is 0 Å². The van der Waals surface area contributed by atoms with Crippen LogP contribution in [0.25, 0.3) is 5.82 Å². The first-order valence-corrected chi connectivity index (χ1v) is 6.33. The maximum absolute atomic E-state index is 12.8. The topological polar surface area (TPSA) is 54.5 Å². The maximum Gasteiger partial charge on any atom is 0.433 e. The molecule has 0 aliphatic heterocycles. The summed E-state index contributed by atoms with van der Waals surface area (Å²) in [6.45, 7) is 5.47. The van der Waals surface area contributed by atoms with E-state index in [4.69, 9.17) is 5.26 Å². The van der Waals surface area contributed by atoms with Crippen LogP contribution < -0.4 is 0 Å². The van der Waals surface area contributed by atoms with E-state index < -0.39 is 11.9 Å². The number of nitrogens with zero attached hydrogens (tertiary/aromatic N) is 4. The van der Waals surface area contributed by atoms with Crippen molar-refractivity contribution in [2.24, 2.45) is 0 Å². The Morgan fingerprint density at radius 3 is 2.43 bits per heavy atom. The number of alkyl halides is 3. The molecule has 2 aromatic heterocycles. The van der Waals surface area contributed by atoms with Gasteiger partial charge in [-0.15, -0.1) is 0 Å². The number of hydrogen-bond donors (Lipinski definition) is 0. The quantitative estimate of drug-likeness (QED) is 0.853. The smallest absolute Gasteiger partial charge is 0.223 e. The van der Waals surface area contributed by atoms with Crippen LogP contribution in [-0.2, 0) is 12.6 Å². The Kier molecular flexibility index (Phi) is 3.73. The molecule has 0 aromatic carbocycles. The molecule has 0 saturated carbocycles. The van der Waals surface area contributed by atoms with Crippen LogP contribution in [-0.4, -0.2) is 14.8 Å². The minimum Gasteiger partial charge on any atom is -0.223 e. The van der Waals surface area contributed by atoms with Crippen molar-refractivity contribution < 1.29 is 13.2 Å². The Labute approximate surface area is 119 Å². The molecular weight excluding hydrogens is 281 g/mol. The molecule has 0 radical (unpaired) electrons. The Morgan fingerprint density at radius 2 is 1.95 bits per heavy atom. The van der Waals surface area contributed by atoms with Gasteiger partial charge < -0.3 is 0 Å². The zero-order chi connectivity index (χ0) is 15.8. The van der Waals surface area contributed by atoms with Gasteiger partial charge in [0.2, 0.25) is 0 Å². The van der Waals surface area contributed by atoms with Gasteiger partial charge in [0, 0.05) is 5.69 Å². The van der Waals surface area contributed by atoms with Crippen molar-refractivity contribution in [1.29, 1.82) is 5.26 Å². The second kappa shape index (κ2) is 5.20. The number of halogens is 3. The molecule has 7 heteroatoms. The molecule has 4 nitrogen and oxygen atoms in total. The summed E-state index contributed by atoms with van der Waals surface area (Å²) < 4.78 is 39.7. The van der Waals surface area contributed by atoms with Crippen LogP contribution in [0.4, 0.5) is 13.2 Å². The van der Waals surface area contributed by atoms with Gasteiger partial charge in [-0.2, -0.15) is 23.5 Å². The van der Waals surface area contributed by atoms with E-state index in [1.165, 1.54) is 4.68 Å². The summed E-state index contributed by atoms with van der Waals surface area (Å²) in [5.41, 5.74) is 1.37. The summed E-state index contributed by atoms with van der Waals surface area (Å²) in [7, 11) is 0. The molecular formula is C14H13F3N4. The van der Waals surface area contributed by atoms with Crippen LogP contribution in [0.2, 0.25) is 0 Å². The standard InChI is InChI=1S/C14H13F3N4/c1-4-11-8(2)20-21(9(11)3)13-10(7-18)5-6-12(19-13)14(15,16)17/h5-6H,4H2,1-3H3. The molecule has 0 amide bonds. The van der Waals surface area contributed by atoms with E-state index in [2.05, 4.69) is 10.1 Å². The molecule has 2 heterocycles. The van der Waals surface area contributed by atoms with Crippen molar-refractivity contribution in [3.05, 3.63) is 40.3 Å². The van der Waals surface area contributed by atoms with E-state index in [-0.39, 0.29) is 11.4 Å². The minimum atomic E-state index is -4.56. The molecule has 0 atom stereocenters. The number of aromatic nitrogens is 3. The predicted octanol–water partition coefficient (Wildman–Crippen LogP) is 3.34. The average Bonchev–Trinajstić information content (AvgIpc) is 2.71. The number of pyridine rings is 1. The van der Waals surface area contributed by atoms with Crippen molar-refractivity contribution >= 4 is 0 Å². The first kappa shape index (κ1) is 15.0. The van der Waals surface area contributed by atoms with Gasteiger partial charge in [0.05, 0.1) is 11.3 Å². The Hall–Kier alpha value is -2.36. The summed E-state index contributed by atoms with van der Waals surface area (Å²) in [5, 5.41) is 13.3. The van der Waals surface area contributed by atoms with Crippen LogP contribution in [0.5, 0.6) is 0 Å². The third-order valence-electron chi connectivity index (χ3n) is 3.28. The Morgan fingerprint density at radius 1 is 1.29 bits per heavy atom. The Bertz CT molecular complexity index is 723. The van der Waals surface area contributed by atoms with Gasteiger partial charge in [-0.25, -0.2) is 9.67 Å². The monoisotopic (exact) mass is 294 g/mol. The molecule has 2 rings (SSSR count). The fourth-order valence-corrected chi connectivity index (χ4v) is 2.25. The number of aryl methyl sites for hydroxylation is 1. The van der Waals surface area contributed by atoms with E-state index in [0.29, 0.717) is 12.1 Å². The highest BCUT2D eigenvalue weighted by molar-refractivity contribution is 5.46. The summed E-state index contributed by atoms with van der Waals surface area (Å²) in [6, 6.07) is 3.77. The average molecular weight is 294 g/mol. The molecule has 0 saturated heterocycles. The number of nitriles is 1. The number of rotatable bonds is 2. The molecule has 2 aromatic rings. The molecule has 0 N–H and O–H groups in total. The third kappa shape index (κ3) is 2.61.